The Morgan fingerprint density at radius 2 is 2.21 bits per heavy atom. The number of nitrogens with one attached hydrogen (secondary N) is 1. The van der Waals surface area contributed by atoms with Crippen LogP contribution in [0.4, 0.5) is 0 Å². The summed E-state index contributed by atoms with van der Waals surface area (Å²) in [4.78, 5) is 13.8. The van der Waals surface area contributed by atoms with Gasteiger partial charge in [-0.05, 0) is 25.9 Å². The number of likely N-dealkylation sites (N-methyl/N-ethyl adjacent to an activating group) is 1. The molecule has 0 aliphatic carbocycles. The van der Waals surface area contributed by atoms with Crippen LogP contribution in [0.3, 0.4) is 0 Å². The lowest BCUT2D eigenvalue weighted by Gasteiger charge is -2.19. The van der Waals surface area contributed by atoms with E-state index in [4.69, 9.17) is 5.73 Å². The number of hydrogen-bond acceptors (Lipinski definition) is 3. The van der Waals surface area contributed by atoms with E-state index in [1.807, 2.05) is 13.8 Å². The lowest BCUT2D eigenvalue weighted by Crippen LogP contribution is -2.48. The fourth-order valence-corrected chi connectivity index (χ4v) is 1.65. The zero-order valence-electron chi connectivity index (χ0n) is 9.29. The molecule has 0 spiro atoms. The van der Waals surface area contributed by atoms with E-state index in [2.05, 4.69) is 17.3 Å². The maximum absolute atomic E-state index is 11.6. The average molecular weight is 199 g/mol. The molecule has 1 aliphatic rings. The van der Waals surface area contributed by atoms with Crippen LogP contribution in [0, 0.1) is 5.92 Å². The number of nitrogens with two attached hydrogens (primary N) is 1. The van der Waals surface area contributed by atoms with Crippen molar-refractivity contribution < 1.29 is 4.79 Å². The van der Waals surface area contributed by atoms with Gasteiger partial charge in [0.25, 0.3) is 0 Å². The third-order valence-corrected chi connectivity index (χ3v) is 2.76. The van der Waals surface area contributed by atoms with Crippen LogP contribution in [0.25, 0.3) is 0 Å². The highest BCUT2D eigenvalue weighted by atomic mass is 16.2. The van der Waals surface area contributed by atoms with Crippen LogP contribution in [0.2, 0.25) is 0 Å². The van der Waals surface area contributed by atoms with Gasteiger partial charge in [-0.15, -0.1) is 0 Å². The lowest BCUT2D eigenvalue weighted by atomic mass is 10.0. The molecule has 0 bridgehead atoms. The molecule has 1 rings (SSSR count). The molecule has 3 N–H and O–H groups in total. The smallest absolute Gasteiger partial charge is 0.237 e. The van der Waals surface area contributed by atoms with Gasteiger partial charge in [0.2, 0.25) is 5.91 Å². The number of carbonyl (C=O) groups excluding carboxylic acids is 1. The zero-order chi connectivity index (χ0) is 10.7. The summed E-state index contributed by atoms with van der Waals surface area (Å²) in [6.07, 6.45) is 1.03. The van der Waals surface area contributed by atoms with Gasteiger partial charge in [0, 0.05) is 12.6 Å². The second-order valence-corrected chi connectivity index (χ2v) is 4.53. The van der Waals surface area contributed by atoms with Crippen molar-refractivity contribution in [3.05, 3.63) is 0 Å². The summed E-state index contributed by atoms with van der Waals surface area (Å²) in [7, 11) is 2.06. The molecule has 82 valence electrons. The minimum Gasteiger partial charge on any atom is -0.351 e. The van der Waals surface area contributed by atoms with Gasteiger partial charge in [-0.25, -0.2) is 0 Å². The Hall–Kier alpha value is -0.610. The number of nitrogens with zero attached hydrogens (tertiary/aromatic N) is 1. The van der Waals surface area contributed by atoms with E-state index in [0.717, 1.165) is 19.5 Å². The maximum atomic E-state index is 11.6. The largest absolute Gasteiger partial charge is 0.351 e. The van der Waals surface area contributed by atoms with E-state index < -0.39 is 0 Å². The molecule has 1 heterocycles. The Morgan fingerprint density at radius 1 is 1.57 bits per heavy atom. The predicted molar refractivity (Wildman–Crippen MR) is 56.9 cm³/mol. The normalized spacial score (nSPS) is 25.4. The van der Waals surface area contributed by atoms with E-state index in [9.17, 15) is 4.79 Å². The highest BCUT2D eigenvalue weighted by Crippen LogP contribution is 2.07. The van der Waals surface area contributed by atoms with Gasteiger partial charge in [0.15, 0.2) is 0 Å². The van der Waals surface area contributed by atoms with Crippen molar-refractivity contribution in [2.24, 2.45) is 11.7 Å². The molecule has 1 aliphatic heterocycles. The maximum Gasteiger partial charge on any atom is 0.237 e. The molecule has 0 radical (unpaired) electrons. The monoisotopic (exact) mass is 199 g/mol. The molecule has 2 unspecified atom stereocenters. The Balaban J connectivity index is 2.33. The van der Waals surface area contributed by atoms with Gasteiger partial charge in [-0.2, -0.15) is 0 Å². The summed E-state index contributed by atoms with van der Waals surface area (Å²) in [5.41, 5.74) is 5.75. The summed E-state index contributed by atoms with van der Waals surface area (Å²) >= 11 is 0. The fourth-order valence-electron chi connectivity index (χ4n) is 1.65. The first-order valence-corrected chi connectivity index (χ1v) is 5.25. The van der Waals surface area contributed by atoms with Crippen molar-refractivity contribution in [1.82, 2.24) is 10.2 Å². The van der Waals surface area contributed by atoms with E-state index in [1.165, 1.54) is 0 Å². The van der Waals surface area contributed by atoms with Gasteiger partial charge in [0.1, 0.15) is 0 Å². The van der Waals surface area contributed by atoms with Crippen LogP contribution in [0.15, 0.2) is 0 Å². The van der Waals surface area contributed by atoms with Crippen LogP contribution in [-0.2, 0) is 4.79 Å². The summed E-state index contributed by atoms with van der Waals surface area (Å²) in [5, 5.41) is 2.98. The molecule has 2 atom stereocenters. The number of carbonyl (C=O) groups is 1. The van der Waals surface area contributed by atoms with Gasteiger partial charge in [-0.3, -0.25) is 4.79 Å². The minimum absolute atomic E-state index is 0.0136. The average Bonchev–Trinajstić information content (AvgIpc) is 2.49. The van der Waals surface area contributed by atoms with Crippen LogP contribution in [-0.4, -0.2) is 43.0 Å². The van der Waals surface area contributed by atoms with Crippen molar-refractivity contribution >= 4 is 5.91 Å². The van der Waals surface area contributed by atoms with Crippen LogP contribution < -0.4 is 11.1 Å². The molecule has 4 heteroatoms. The first-order valence-electron chi connectivity index (χ1n) is 5.25. The van der Waals surface area contributed by atoms with Crippen LogP contribution in [0.1, 0.15) is 20.3 Å². The number of hydrogen-bond donors (Lipinski definition) is 2. The van der Waals surface area contributed by atoms with E-state index in [1.54, 1.807) is 0 Å². The van der Waals surface area contributed by atoms with Gasteiger partial charge < -0.3 is 16.0 Å². The predicted octanol–water partition coefficient (Wildman–Crippen LogP) is -0.210. The third kappa shape index (κ3) is 2.96. The number of amides is 1. The SMILES string of the molecule is CC(C)C(N)C(=O)NC1CCN(C)C1. The molecule has 0 aromatic rings. The standard InChI is InChI=1S/C10H21N3O/c1-7(2)9(11)10(14)12-8-4-5-13(3)6-8/h7-9H,4-6,11H2,1-3H3,(H,12,14). The van der Waals surface area contributed by atoms with Crippen molar-refractivity contribution in [3.63, 3.8) is 0 Å². The first kappa shape index (κ1) is 11.5. The highest BCUT2D eigenvalue weighted by Gasteiger charge is 2.24. The molecular weight excluding hydrogens is 178 g/mol. The number of likely N-dealkylation sites (tertiary alicyclic amines) is 1. The fraction of sp³-hybridized carbons (Fsp3) is 0.900. The number of rotatable bonds is 3. The van der Waals surface area contributed by atoms with Gasteiger partial charge in [-0.1, -0.05) is 13.8 Å². The Labute approximate surface area is 85.8 Å². The van der Waals surface area contributed by atoms with Crippen LogP contribution in [0.5, 0.6) is 0 Å². The Kier molecular flexibility index (Phi) is 3.89. The summed E-state index contributed by atoms with van der Waals surface area (Å²) in [6, 6.07) is -0.0850. The van der Waals surface area contributed by atoms with Crippen molar-refractivity contribution in [2.75, 3.05) is 20.1 Å². The second-order valence-electron chi connectivity index (χ2n) is 4.53. The van der Waals surface area contributed by atoms with Crippen molar-refractivity contribution in [3.8, 4) is 0 Å². The summed E-state index contributed by atoms with van der Waals surface area (Å²) in [6.45, 7) is 5.93. The second kappa shape index (κ2) is 4.75. The lowest BCUT2D eigenvalue weighted by molar-refractivity contribution is -0.123. The summed E-state index contributed by atoms with van der Waals surface area (Å²) in [5.74, 6) is 0.189. The molecule has 1 saturated heterocycles. The van der Waals surface area contributed by atoms with E-state index in [0.29, 0.717) is 0 Å². The quantitative estimate of drug-likeness (QED) is 0.661. The highest BCUT2D eigenvalue weighted by molar-refractivity contribution is 5.82. The molecule has 14 heavy (non-hydrogen) atoms. The molecule has 1 fully saturated rings. The molecule has 0 saturated carbocycles. The zero-order valence-corrected chi connectivity index (χ0v) is 9.29. The Bertz CT molecular complexity index is 206. The summed E-state index contributed by atoms with van der Waals surface area (Å²) < 4.78 is 0. The molecule has 4 nitrogen and oxygen atoms in total. The molecule has 0 aromatic heterocycles. The van der Waals surface area contributed by atoms with Gasteiger partial charge >= 0.3 is 0 Å². The first-order chi connectivity index (χ1) is 6.50. The molecular formula is C10H21N3O. The van der Waals surface area contributed by atoms with E-state index >= 15 is 0 Å². The Morgan fingerprint density at radius 3 is 2.64 bits per heavy atom. The van der Waals surface area contributed by atoms with Gasteiger partial charge in [0.05, 0.1) is 6.04 Å². The van der Waals surface area contributed by atoms with Crippen LogP contribution >= 0.6 is 0 Å². The van der Waals surface area contributed by atoms with Crippen molar-refractivity contribution in [2.45, 2.75) is 32.4 Å². The topological polar surface area (TPSA) is 58.4 Å². The van der Waals surface area contributed by atoms with Crippen molar-refractivity contribution in [1.29, 1.82) is 0 Å². The third-order valence-electron chi connectivity index (χ3n) is 2.76. The minimum atomic E-state index is -0.374. The molecule has 1 amide bonds. The van der Waals surface area contributed by atoms with E-state index in [-0.39, 0.29) is 23.9 Å². The molecule has 0 aromatic carbocycles.